The quantitative estimate of drug-likeness (QED) is 0.720. The Bertz CT molecular complexity index is 1060. The van der Waals surface area contributed by atoms with E-state index in [9.17, 15) is 14.4 Å². The average molecular weight is 439 g/mol. The van der Waals surface area contributed by atoms with Gasteiger partial charge < -0.3 is 14.8 Å². The van der Waals surface area contributed by atoms with Crippen LogP contribution in [0.25, 0.3) is 10.8 Å². The lowest BCUT2D eigenvalue weighted by molar-refractivity contribution is -0.125. The van der Waals surface area contributed by atoms with Gasteiger partial charge in [-0.05, 0) is 57.9 Å². The van der Waals surface area contributed by atoms with E-state index in [1.807, 2.05) is 42.5 Å². The molecule has 7 heteroatoms. The number of rotatable bonds is 3. The Morgan fingerprint density at radius 2 is 1.56 bits per heavy atom. The van der Waals surface area contributed by atoms with Crippen LogP contribution in [0.2, 0.25) is 0 Å². The molecule has 0 unspecified atom stereocenters. The van der Waals surface area contributed by atoms with Crippen LogP contribution in [0.1, 0.15) is 53.1 Å². The van der Waals surface area contributed by atoms with Crippen LogP contribution >= 0.6 is 0 Å². The number of benzene rings is 2. The zero-order valence-electron chi connectivity index (χ0n) is 19.3. The van der Waals surface area contributed by atoms with Crippen LogP contribution in [0.3, 0.4) is 0 Å². The van der Waals surface area contributed by atoms with Gasteiger partial charge in [-0.3, -0.25) is 4.79 Å². The van der Waals surface area contributed by atoms with Gasteiger partial charge in [0, 0.05) is 6.08 Å². The Morgan fingerprint density at radius 3 is 2.22 bits per heavy atom. The van der Waals surface area contributed by atoms with E-state index in [4.69, 9.17) is 9.47 Å². The van der Waals surface area contributed by atoms with Crippen LogP contribution in [-0.4, -0.2) is 40.2 Å². The second kappa shape index (κ2) is 8.65. The summed E-state index contributed by atoms with van der Waals surface area (Å²) in [6.07, 6.45) is 1.51. The van der Waals surface area contributed by atoms with Crippen LogP contribution in [0.4, 0.5) is 9.59 Å². The van der Waals surface area contributed by atoms with Crippen LogP contribution < -0.4 is 5.32 Å². The zero-order valence-corrected chi connectivity index (χ0v) is 19.3. The molecule has 0 aliphatic carbocycles. The lowest BCUT2D eigenvalue weighted by Gasteiger charge is -2.33. The smallest absolute Gasteiger partial charge is 0.417 e. The number of ether oxygens (including phenoxy) is 2. The van der Waals surface area contributed by atoms with Crippen molar-refractivity contribution >= 4 is 28.9 Å². The first-order valence-corrected chi connectivity index (χ1v) is 10.6. The predicted molar refractivity (Wildman–Crippen MR) is 122 cm³/mol. The Labute approximate surface area is 188 Å². The summed E-state index contributed by atoms with van der Waals surface area (Å²) in [5.74, 6) is -0.500. The molecule has 2 aromatic carbocycles. The summed E-state index contributed by atoms with van der Waals surface area (Å²) in [4.78, 5) is 39.3. The van der Waals surface area contributed by atoms with Crippen molar-refractivity contribution in [2.75, 3.05) is 0 Å². The molecule has 32 heavy (non-hydrogen) atoms. The van der Waals surface area contributed by atoms with E-state index < -0.39 is 41.4 Å². The number of nitrogens with one attached hydrogen (secondary N) is 1. The van der Waals surface area contributed by atoms with Gasteiger partial charge in [0.05, 0.1) is 12.1 Å². The average Bonchev–Trinajstić information content (AvgIpc) is 3.04. The van der Waals surface area contributed by atoms with Gasteiger partial charge in [-0.1, -0.05) is 48.5 Å². The monoisotopic (exact) mass is 438 g/mol. The maximum absolute atomic E-state index is 12.9. The molecule has 2 atom stereocenters. The van der Waals surface area contributed by atoms with Crippen molar-refractivity contribution < 1.29 is 23.9 Å². The molecule has 0 saturated heterocycles. The number of fused-ring (bicyclic) bond motifs is 1. The van der Waals surface area contributed by atoms with E-state index in [0.29, 0.717) is 0 Å². The predicted octanol–water partition coefficient (Wildman–Crippen LogP) is 5.11. The van der Waals surface area contributed by atoms with Gasteiger partial charge in [0.25, 0.3) is 5.91 Å². The minimum Gasteiger partial charge on any atom is -0.444 e. The summed E-state index contributed by atoms with van der Waals surface area (Å²) in [6.45, 7) is 10.5. The van der Waals surface area contributed by atoms with Crippen molar-refractivity contribution in [3.63, 3.8) is 0 Å². The maximum atomic E-state index is 12.9. The first-order valence-electron chi connectivity index (χ1n) is 10.6. The Kier molecular flexibility index (Phi) is 6.30. The largest absolute Gasteiger partial charge is 0.444 e. The number of nitrogens with zero attached hydrogens (tertiary/aromatic N) is 1. The van der Waals surface area contributed by atoms with Crippen LogP contribution in [0.5, 0.6) is 0 Å². The van der Waals surface area contributed by atoms with Crippen molar-refractivity contribution in [2.24, 2.45) is 0 Å². The summed E-state index contributed by atoms with van der Waals surface area (Å²) >= 11 is 0. The summed E-state index contributed by atoms with van der Waals surface area (Å²) in [6, 6.07) is 11.9. The van der Waals surface area contributed by atoms with Gasteiger partial charge in [0.1, 0.15) is 11.2 Å². The number of alkyl carbamates (subject to hydrolysis) is 1. The summed E-state index contributed by atoms with van der Waals surface area (Å²) < 4.78 is 10.9. The number of imide groups is 1. The van der Waals surface area contributed by atoms with Crippen LogP contribution in [-0.2, 0) is 14.3 Å². The molecule has 2 aromatic rings. The first-order chi connectivity index (χ1) is 14.9. The molecule has 3 rings (SSSR count). The Morgan fingerprint density at radius 1 is 0.938 bits per heavy atom. The van der Waals surface area contributed by atoms with Gasteiger partial charge in [-0.2, -0.15) is 0 Å². The van der Waals surface area contributed by atoms with E-state index in [1.165, 1.54) is 6.08 Å². The standard InChI is InChI=1S/C25H30N2O5/c1-24(2,3)31-22(29)26-21(18-13-9-11-16-10-7-8-12-17(16)18)19-14-15-20(28)27(19)23(30)32-25(4,5)6/h7-15,19,21H,1-6H3,(H,26,29)/t19-,21-/m1/s1. The Hall–Kier alpha value is -3.35. The molecule has 170 valence electrons. The van der Waals surface area contributed by atoms with Crippen molar-refractivity contribution in [3.05, 3.63) is 60.2 Å². The molecule has 0 spiro atoms. The van der Waals surface area contributed by atoms with Crippen molar-refractivity contribution in [1.29, 1.82) is 0 Å². The SMILES string of the molecule is CC(C)(C)OC(=O)N[C@H](c1cccc2ccccc12)[C@H]1C=CC(=O)N1C(=O)OC(C)(C)C. The summed E-state index contributed by atoms with van der Waals surface area (Å²) in [5.41, 5.74) is -0.732. The third-order valence-electron chi connectivity index (χ3n) is 4.73. The van der Waals surface area contributed by atoms with Gasteiger partial charge in [0.2, 0.25) is 0 Å². The third kappa shape index (κ3) is 5.46. The highest BCUT2D eigenvalue weighted by atomic mass is 16.6. The second-order valence-electron chi connectivity index (χ2n) is 9.73. The minimum absolute atomic E-state index is 0.500. The number of hydrogen-bond donors (Lipinski definition) is 1. The molecule has 1 aliphatic rings. The summed E-state index contributed by atoms with van der Waals surface area (Å²) in [7, 11) is 0. The molecule has 0 radical (unpaired) electrons. The van der Waals surface area contributed by atoms with Crippen molar-refractivity contribution in [3.8, 4) is 0 Å². The Balaban J connectivity index is 2.05. The maximum Gasteiger partial charge on any atom is 0.417 e. The van der Waals surface area contributed by atoms with Crippen LogP contribution in [0, 0.1) is 0 Å². The number of carbonyl (C=O) groups is 3. The lowest BCUT2D eigenvalue weighted by Crippen LogP contribution is -2.49. The molecule has 3 amide bonds. The number of hydrogen-bond acceptors (Lipinski definition) is 5. The molecule has 0 fully saturated rings. The fourth-order valence-corrected chi connectivity index (χ4v) is 3.58. The molecular weight excluding hydrogens is 408 g/mol. The first kappa shape index (κ1) is 23.3. The zero-order chi connectivity index (χ0) is 23.7. The van der Waals surface area contributed by atoms with Gasteiger partial charge in [-0.25, -0.2) is 14.5 Å². The van der Waals surface area contributed by atoms with Crippen molar-refractivity contribution in [2.45, 2.75) is 64.8 Å². The van der Waals surface area contributed by atoms with Crippen molar-refractivity contribution in [1.82, 2.24) is 10.2 Å². The third-order valence-corrected chi connectivity index (χ3v) is 4.73. The lowest BCUT2D eigenvalue weighted by atomic mass is 9.93. The number of amides is 3. The van der Waals surface area contributed by atoms with E-state index >= 15 is 0 Å². The molecule has 1 heterocycles. The van der Waals surface area contributed by atoms with Gasteiger partial charge in [-0.15, -0.1) is 0 Å². The molecule has 0 bridgehead atoms. The minimum atomic E-state index is -0.782. The van der Waals surface area contributed by atoms with E-state index in [2.05, 4.69) is 5.32 Å². The highest BCUT2D eigenvalue weighted by molar-refractivity contribution is 6.02. The van der Waals surface area contributed by atoms with E-state index in [1.54, 1.807) is 47.6 Å². The molecular formula is C25H30N2O5. The van der Waals surface area contributed by atoms with Crippen LogP contribution in [0.15, 0.2) is 54.6 Å². The second-order valence-corrected chi connectivity index (χ2v) is 9.73. The normalized spacial score (nSPS) is 17.4. The van der Waals surface area contributed by atoms with Gasteiger partial charge in [0.15, 0.2) is 0 Å². The number of carbonyl (C=O) groups excluding carboxylic acids is 3. The van der Waals surface area contributed by atoms with E-state index in [-0.39, 0.29) is 0 Å². The summed E-state index contributed by atoms with van der Waals surface area (Å²) in [5, 5.41) is 4.74. The van der Waals surface area contributed by atoms with E-state index in [0.717, 1.165) is 21.2 Å². The fraction of sp³-hybridized carbons (Fsp3) is 0.400. The molecule has 1 aliphatic heterocycles. The highest BCUT2D eigenvalue weighted by Crippen LogP contribution is 2.32. The topological polar surface area (TPSA) is 84.9 Å². The highest BCUT2D eigenvalue weighted by Gasteiger charge is 2.41. The molecule has 0 saturated carbocycles. The van der Waals surface area contributed by atoms with Gasteiger partial charge >= 0.3 is 12.2 Å². The molecule has 1 N–H and O–H groups in total. The molecule has 7 nitrogen and oxygen atoms in total. The molecule has 0 aromatic heterocycles. The fourth-order valence-electron chi connectivity index (χ4n) is 3.58.